The second kappa shape index (κ2) is 8.54. The summed E-state index contributed by atoms with van der Waals surface area (Å²) in [5.74, 6) is 2.82. The van der Waals surface area contributed by atoms with E-state index in [2.05, 4.69) is 31.7 Å². The summed E-state index contributed by atoms with van der Waals surface area (Å²) in [5.41, 5.74) is 3.45. The van der Waals surface area contributed by atoms with Gasteiger partial charge in [0.15, 0.2) is 23.0 Å². The van der Waals surface area contributed by atoms with Crippen molar-refractivity contribution in [2.24, 2.45) is 0 Å². The normalized spacial score (nSPS) is 14.7. The molecule has 2 aliphatic heterocycles. The molecule has 0 radical (unpaired) electrons. The Morgan fingerprint density at radius 1 is 0.667 bits per heavy atom. The maximum absolute atomic E-state index is 6.81. The summed E-state index contributed by atoms with van der Waals surface area (Å²) in [6, 6.07) is 15.7. The molecule has 0 aliphatic carbocycles. The van der Waals surface area contributed by atoms with Crippen LogP contribution in [0.4, 0.5) is 17.1 Å². The van der Waals surface area contributed by atoms with Crippen molar-refractivity contribution in [3.63, 3.8) is 0 Å². The topological polar surface area (TPSA) is 40.2 Å². The summed E-state index contributed by atoms with van der Waals surface area (Å²) < 4.78 is 23.2. The van der Waals surface area contributed by atoms with Gasteiger partial charge < -0.3 is 23.8 Å². The Balaban J connectivity index is 1.71. The van der Waals surface area contributed by atoms with Crippen LogP contribution < -0.4 is 23.8 Å². The molecule has 0 fully saturated rings. The summed E-state index contributed by atoms with van der Waals surface area (Å²) in [5, 5.41) is 0.966. The molecule has 0 N–H and O–H groups in total. The van der Waals surface area contributed by atoms with Crippen molar-refractivity contribution in [1.29, 1.82) is 0 Å². The fourth-order valence-electron chi connectivity index (χ4n) is 3.94. The molecule has 172 valence electrons. The third-order valence-corrected chi connectivity index (χ3v) is 6.48. The van der Waals surface area contributed by atoms with E-state index in [0.717, 1.165) is 34.1 Å². The average molecular weight is 486 g/mol. The molecule has 7 heteroatoms. The molecule has 3 aromatic rings. The van der Waals surface area contributed by atoms with Gasteiger partial charge in [0, 0.05) is 12.1 Å². The predicted octanol–water partition coefficient (Wildman–Crippen LogP) is 7.30. The van der Waals surface area contributed by atoms with Crippen molar-refractivity contribution in [1.82, 2.24) is 0 Å². The van der Waals surface area contributed by atoms with Crippen molar-refractivity contribution in [3.8, 4) is 23.0 Å². The van der Waals surface area contributed by atoms with Gasteiger partial charge in [-0.1, -0.05) is 44.0 Å². The Morgan fingerprint density at radius 2 is 1.15 bits per heavy atom. The van der Waals surface area contributed by atoms with Crippen LogP contribution in [0.1, 0.15) is 26.3 Å². The summed E-state index contributed by atoms with van der Waals surface area (Å²) in [4.78, 5) is 2.06. The molecule has 5 rings (SSSR count). The van der Waals surface area contributed by atoms with Crippen LogP contribution in [-0.4, -0.2) is 26.4 Å². The van der Waals surface area contributed by atoms with Crippen LogP contribution in [0.2, 0.25) is 10.0 Å². The molecule has 0 unspecified atom stereocenters. The predicted molar refractivity (Wildman–Crippen MR) is 132 cm³/mol. The lowest BCUT2D eigenvalue weighted by Gasteiger charge is -2.31. The van der Waals surface area contributed by atoms with Crippen molar-refractivity contribution < 1.29 is 18.9 Å². The lowest BCUT2D eigenvalue weighted by Crippen LogP contribution is -2.18. The van der Waals surface area contributed by atoms with E-state index in [1.165, 1.54) is 0 Å². The Bertz CT molecular complexity index is 1150. The minimum atomic E-state index is -0.117. The van der Waals surface area contributed by atoms with Crippen LogP contribution in [0.3, 0.4) is 0 Å². The van der Waals surface area contributed by atoms with Crippen molar-refractivity contribution >= 4 is 40.3 Å². The van der Waals surface area contributed by atoms with Crippen LogP contribution in [0.25, 0.3) is 0 Å². The smallest absolute Gasteiger partial charge is 0.163 e. The van der Waals surface area contributed by atoms with E-state index in [9.17, 15) is 0 Å². The highest BCUT2D eigenvalue weighted by atomic mass is 35.5. The van der Waals surface area contributed by atoms with Gasteiger partial charge in [-0.15, -0.1) is 0 Å². The standard InChI is InChI=1S/C26H25Cl2NO4/c1-26(2,3)16-12-19(27)25(28)20(13-16)29(17-4-6-21-23(14-17)32-10-8-30-21)18-5-7-22-24(15-18)33-11-9-31-22/h4-7,12-15H,8-11H2,1-3H3. The minimum absolute atomic E-state index is 0.117. The van der Waals surface area contributed by atoms with Gasteiger partial charge in [-0.3, -0.25) is 0 Å². The first-order valence-electron chi connectivity index (χ1n) is 10.9. The molecule has 2 aliphatic rings. The van der Waals surface area contributed by atoms with Crippen LogP contribution in [-0.2, 0) is 5.41 Å². The molecular formula is C26H25Cl2NO4. The largest absolute Gasteiger partial charge is 0.486 e. The number of fused-ring (bicyclic) bond motifs is 2. The number of nitrogens with zero attached hydrogens (tertiary/aromatic N) is 1. The van der Waals surface area contributed by atoms with Crippen molar-refractivity contribution in [2.75, 3.05) is 31.3 Å². The summed E-state index contributed by atoms with van der Waals surface area (Å²) in [6.07, 6.45) is 0. The highest BCUT2D eigenvalue weighted by Crippen LogP contribution is 2.47. The molecule has 0 aromatic heterocycles. The summed E-state index contributed by atoms with van der Waals surface area (Å²) in [6.45, 7) is 8.53. The van der Waals surface area contributed by atoms with E-state index in [4.69, 9.17) is 42.1 Å². The van der Waals surface area contributed by atoms with Gasteiger partial charge in [-0.25, -0.2) is 0 Å². The van der Waals surface area contributed by atoms with Gasteiger partial charge in [0.2, 0.25) is 0 Å². The van der Waals surface area contributed by atoms with E-state index in [0.29, 0.717) is 48.0 Å². The van der Waals surface area contributed by atoms with E-state index < -0.39 is 0 Å². The molecule has 0 spiro atoms. The molecule has 33 heavy (non-hydrogen) atoms. The molecule has 0 saturated heterocycles. The molecule has 0 amide bonds. The highest BCUT2D eigenvalue weighted by Gasteiger charge is 2.25. The number of rotatable bonds is 3. The Morgan fingerprint density at radius 3 is 1.64 bits per heavy atom. The van der Waals surface area contributed by atoms with E-state index in [1.807, 2.05) is 42.5 Å². The Hall–Kier alpha value is -2.76. The molecule has 5 nitrogen and oxygen atoms in total. The summed E-state index contributed by atoms with van der Waals surface area (Å²) >= 11 is 13.4. The molecule has 0 bridgehead atoms. The third-order valence-electron chi connectivity index (χ3n) is 5.68. The number of anilines is 3. The highest BCUT2D eigenvalue weighted by molar-refractivity contribution is 6.44. The maximum Gasteiger partial charge on any atom is 0.163 e. The fourth-order valence-corrected chi connectivity index (χ4v) is 4.35. The zero-order valence-electron chi connectivity index (χ0n) is 18.8. The molecule has 2 heterocycles. The first-order valence-corrected chi connectivity index (χ1v) is 11.7. The van der Waals surface area contributed by atoms with E-state index >= 15 is 0 Å². The minimum Gasteiger partial charge on any atom is -0.486 e. The Kier molecular flexibility index (Phi) is 5.71. The zero-order valence-corrected chi connectivity index (χ0v) is 20.3. The van der Waals surface area contributed by atoms with E-state index in [-0.39, 0.29) is 5.41 Å². The van der Waals surface area contributed by atoms with Gasteiger partial charge >= 0.3 is 0 Å². The van der Waals surface area contributed by atoms with Gasteiger partial charge in [-0.2, -0.15) is 0 Å². The average Bonchev–Trinajstić information content (AvgIpc) is 2.81. The second-order valence-corrected chi connectivity index (χ2v) is 9.82. The first kappa shape index (κ1) is 22.1. The van der Waals surface area contributed by atoms with Crippen LogP contribution in [0.5, 0.6) is 23.0 Å². The van der Waals surface area contributed by atoms with Gasteiger partial charge in [0.1, 0.15) is 26.4 Å². The number of hydrogen-bond donors (Lipinski definition) is 0. The number of benzene rings is 3. The fraction of sp³-hybridized carbons (Fsp3) is 0.308. The Labute approximate surface area is 203 Å². The molecule has 3 aromatic carbocycles. The van der Waals surface area contributed by atoms with Crippen LogP contribution in [0.15, 0.2) is 48.5 Å². The van der Waals surface area contributed by atoms with Gasteiger partial charge in [-0.05, 0) is 47.4 Å². The second-order valence-electron chi connectivity index (χ2n) is 9.03. The monoisotopic (exact) mass is 485 g/mol. The molecule has 0 atom stereocenters. The lowest BCUT2D eigenvalue weighted by atomic mass is 9.86. The van der Waals surface area contributed by atoms with Crippen LogP contribution >= 0.6 is 23.2 Å². The number of hydrogen-bond acceptors (Lipinski definition) is 5. The maximum atomic E-state index is 6.81. The first-order chi connectivity index (χ1) is 15.8. The number of halogens is 2. The molecule has 0 saturated carbocycles. The number of ether oxygens (including phenoxy) is 4. The summed E-state index contributed by atoms with van der Waals surface area (Å²) in [7, 11) is 0. The van der Waals surface area contributed by atoms with E-state index in [1.54, 1.807) is 0 Å². The van der Waals surface area contributed by atoms with Gasteiger partial charge in [0.25, 0.3) is 0 Å². The van der Waals surface area contributed by atoms with Crippen LogP contribution in [0, 0.1) is 0 Å². The van der Waals surface area contributed by atoms with Crippen molar-refractivity contribution in [3.05, 3.63) is 64.1 Å². The zero-order chi connectivity index (χ0) is 23.2. The van der Waals surface area contributed by atoms with Gasteiger partial charge in [0.05, 0.1) is 27.1 Å². The third kappa shape index (κ3) is 4.28. The molecular weight excluding hydrogens is 461 g/mol. The quantitative estimate of drug-likeness (QED) is 0.389. The lowest BCUT2D eigenvalue weighted by molar-refractivity contribution is 0.171. The van der Waals surface area contributed by atoms with Crippen molar-refractivity contribution in [2.45, 2.75) is 26.2 Å². The SMILES string of the molecule is CC(C)(C)c1cc(Cl)c(Cl)c(N(c2ccc3c(c2)OCCO3)c2ccc3c(c2)OCCO3)c1.